The number of ether oxygens (including phenoxy) is 3. The molecule has 60 heavy (non-hydrogen) atoms. The number of aryl methyl sites for hydroxylation is 1. The Hall–Kier alpha value is -5.69. The molecular formula is C53H54O7. The number of esters is 2. The van der Waals surface area contributed by atoms with Gasteiger partial charge in [-0.2, -0.15) is 0 Å². The Bertz CT molecular complexity index is 2500. The number of hydrogen-bond donors (Lipinski definition) is 0. The van der Waals surface area contributed by atoms with Gasteiger partial charge in [-0.3, -0.25) is 4.79 Å². The van der Waals surface area contributed by atoms with Crippen LogP contribution < -0.4 is 10.4 Å². The average molecular weight is 803 g/mol. The van der Waals surface area contributed by atoms with Gasteiger partial charge in [0, 0.05) is 41.2 Å². The maximum absolute atomic E-state index is 14.9. The Kier molecular flexibility index (Phi) is 11.1. The fourth-order valence-corrected chi connectivity index (χ4v) is 10.4. The van der Waals surface area contributed by atoms with Gasteiger partial charge in [0.15, 0.2) is 12.2 Å². The lowest BCUT2D eigenvalue weighted by molar-refractivity contribution is -0.201. The second-order valence-electron chi connectivity index (χ2n) is 17.9. The van der Waals surface area contributed by atoms with Crippen LogP contribution in [0.3, 0.4) is 0 Å². The van der Waals surface area contributed by atoms with E-state index >= 15 is 0 Å². The molecule has 0 N–H and O–H groups in total. The predicted molar refractivity (Wildman–Crippen MR) is 233 cm³/mol. The molecule has 5 aliphatic rings. The molecule has 4 heterocycles. The molecule has 6 atom stereocenters. The predicted octanol–water partition coefficient (Wildman–Crippen LogP) is 11.4. The minimum Gasteiger partial charge on any atom is -0.483 e. The summed E-state index contributed by atoms with van der Waals surface area (Å²) >= 11 is 0. The number of carbonyl (C=O) groups is 2. The zero-order valence-electron chi connectivity index (χ0n) is 34.9. The molecule has 0 radical (unpaired) electrons. The molecule has 0 unspecified atom stereocenters. The lowest BCUT2D eigenvalue weighted by Gasteiger charge is -2.50. The van der Waals surface area contributed by atoms with Gasteiger partial charge in [-0.15, -0.1) is 0 Å². The van der Waals surface area contributed by atoms with Gasteiger partial charge in [0.25, 0.3) is 0 Å². The first-order valence-electron chi connectivity index (χ1n) is 21.9. The summed E-state index contributed by atoms with van der Waals surface area (Å²) in [6, 6.07) is 34.8. The molecule has 10 rings (SSSR count). The van der Waals surface area contributed by atoms with Crippen LogP contribution in [-0.2, 0) is 31.9 Å². The fraction of sp³-hybridized carbons (Fsp3) is 0.377. The number of hydrogen-bond acceptors (Lipinski definition) is 7. The number of rotatable bonds is 4. The summed E-state index contributed by atoms with van der Waals surface area (Å²) in [5.74, 6) is -0.344. The minimum absolute atomic E-state index is 0.0152. The van der Waals surface area contributed by atoms with Crippen LogP contribution in [0.15, 0.2) is 136 Å². The second kappa shape index (κ2) is 16.8. The van der Waals surface area contributed by atoms with Crippen LogP contribution in [0.1, 0.15) is 123 Å². The maximum atomic E-state index is 14.9. The molecule has 1 aromatic heterocycles. The minimum atomic E-state index is -1.08. The quantitative estimate of drug-likeness (QED) is 0.0773. The standard InChI is InChI=1S/C53H54O7/c1-33(2)43-25-19-34-17-20-37(21-18-34)44-26-22-40(39-14-10-13-36(30-39)29-35-11-6-4-7-12-35)31-41(44)32-47(55)58-50-48-45(27-23-38-24-28-46(54)57-49(38)48)60-53(3,51(50)59-52(43)56)42-15-8-5-9-16-42/h4,6-7,10-14,17-18,20-24,26-28,30,40-42,44,50-51H,5,8-9,15-16,19,25,29,31-32H2,1-3H3/t40-,41-,44-,50+,51-,53-/m0/s1. The third-order valence-electron chi connectivity index (χ3n) is 13.7. The highest BCUT2D eigenvalue weighted by molar-refractivity contribution is 5.90. The number of fused-ring (bicyclic) bond motifs is 11. The van der Waals surface area contributed by atoms with Crippen molar-refractivity contribution in [3.8, 4) is 5.75 Å². The van der Waals surface area contributed by atoms with Crippen LogP contribution in [0, 0.1) is 11.8 Å². The molecule has 5 aromatic rings. The first-order valence-corrected chi connectivity index (χ1v) is 21.9. The van der Waals surface area contributed by atoms with E-state index in [2.05, 4.69) is 84.9 Å². The highest BCUT2D eigenvalue weighted by Gasteiger charge is 2.56. The SMILES string of the molecule is CC(C)=C1CCc2ccc(cc2)[C@@H]2C=C[C@H](c3cccc(Cc4ccccc4)c3)C[C@H]2CC(=O)O[C@@H]2c3c(ccc4ccc(=O)oc34)O[C@@](C)(C3CCCCC3)[C@H]2OC1=O. The molecule has 2 bridgehead atoms. The van der Waals surface area contributed by atoms with Crippen molar-refractivity contribution >= 4 is 22.9 Å². The van der Waals surface area contributed by atoms with Crippen molar-refractivity contribution in [2.45, 2.75) is 115 Å². The van der Waals surface area contributed by atoms with E-state index in [4.69, 9.17) is 18.6 Å². The summed E-state index contributed by atoms with van der Waals surface area (Å²) in [6.45, 7) is 5.89. The van der Waals surface area contributed by atoms with Gasteiger partial charge >= 0.3 is 17.6 Å². The summed E-state index contributed by atoms with van der Waals surface area (Å²) < 4.78 is 26.4. The Morgan fingerprint density at radius 1 is 0.750 bits per heavy atom. The topological polar surface area (TPSA) is 92.0 Å². The Morgan fingerprint density at radius 3 is 2.30 bits per heavy atom. The molecule has 2 aliphatic carbocycles. The maximum Gasteiger partial charge on any atom is 0.336 e. The van der Waals surface area contributed by atoms with E-state index in [0.717, 1.165) is 61.6 Å². The molecule has 0 spiro atoms. The van der Waals surface area contributed by atoms with Crippen LogP contribution in [0.2, 0.25) is 0 Å². The van der Waals surface area contributed by atoms with Gasteiger partial charge in [0.2, 0.25) is 0 Å². The highest BCUT2D eigenvalue weighted by Crippen LogP contribution is 2.52. The highest BCUT2D eigenvalue weighted by atomic mass is 16.6. The molecule has 3 aliphatic heterocycles. The van der Waals surface area contributed by atoms with Crippen molar-refractivity contribution < 1.29 is 28.2 Å². The van der Waals surface area contributed by atoms with Crippen LogP contribution in [0.5, 0.6) is 5.75 Å². The molecule has 0 amide bonds. The first-order chi connectivity index (χ1) is 29.1. The van der Waals surface area contributed by atoms with Crippen molar-refractivity contribution in [3.63, 3.8) is 0 Å². The third-order valence-corrected chi connectivity index (χ3v) is 13.7. The van der Waals surface area contributed by atoms with Crippen molar-refractivity contribution in [1.82, 2.24) is 0 Å². The summed E-state index contributed by atoms with van der Waals surface area (Å²) in [6.07, 6.45) is 10.3. The summed E-state index contributed by atoms with van der Waals surface area (Å²) in [5.41, 5.74) is 6.60. The lowest BCUT2D eigenvalue weighted by atomic mass is 9.71. The molecule has 1 fully saturated rings. The van der Waals surface area contributed by atoms with E-state index in [1.165, 1.54) is 22.8 Å². The van der Waals surface area contributed by atoms with E-state index in [1.807, 2.05) is 39.0 Å². The van der Waals surface area contributed by atoms with Crippen molar-refractivity contribution in [2.75, 3.05) is 0 Å². The average Bonchev–Trinajstić information content (AvgIpc) is 3.25. The normalized spacial score (nSPS) is 26.0. The van der Waals surface area contributed by atoms with Crippen LogP contribution in [0.25, 0.3) is 11.0 Å². The number of carbonyl (C=O) groups excluding carboxylic acids is 2. The summed E-state index contributed by atoms with van der Waals surface area (Å²) in [7, 11) is 0. The van der Waals surface area contributed by atoms with Crippen molar-refractivity contribution in [3.05, 3.63) is 170 Å². The molecular weight excluding hydrogens is 749 g/mol. The second-order valence-corrected chi connectivity index (χ2v) is 17.9. The largest absolute Gasteiger partial charge is 0.483 e. The van der Waals surface area contributed by atoms with Gasteiger partial charge in [-0.1, -0.05) is 116 Å². The van der Waals surface area contributed by atoms with Gasteiger partial charge in [0.1, 0.15) is 16.9 Å². The van der Waals surface area contributed by atoms with Gasteiger partial charge in [0.05, 0.1) is 5.56 Å². The first kappa shape index (κ1) is 39.8. The molecule has 7 nitrogen and oxygen atoms in total. The van der Waals surface area contributed by atoms with Crippen LogP contribution >= 0.6 is 0 Å². The van der Waals surface area contributed by atoms with E-state index in [-0.39, 0.29) is 35.7 Å². The summed E-state index contributed by atoms with van der Waals surface area (Å²) in [5, 5.41) is 0.661. The lowest BCUT2D eigenvalue weighted by Crippen LogP contribution is -2.58. The zero-order chi connectivity index (χ0) is 41.4. The Labute approximate surface area is 352 Å². The Balaban J connectivity index is 1.13. The van der Waals surface area contributed by atoms with Gasteiger partial charge < -0.3 is 18.6 Å². The molecule has 308 valence electrons. The van der Waals surface area contributed by atoms with E-state index in [0.29, 0.717) is 35.1 Å². The van der Waals surface area contributed by atoms with E-state index in [1.54, 1.807) is 6.07 Å². The Morgan fingerprint density at radius 2 is 1.52 bits per heavy atom. The van der Waals surface area contributed by atoms with Crippen molar-refractivity contribution in [1.29, 1.82) is 0 Å². The molecule has 7 heteroatoms. The van der Waals surface area contributed by atoms with Gasteiger partial charge in [-0.05, 0) is 111 Å². The summed E-state index contributed by atoms with van der Waals surface area (Å²) in [4.78, 5) is 42.3. The van der Waals surface area contributed by atoms with Crippen molar-refractivity contribution in [2.24, 2.45) is 11.8 Å². The molecule has 4 aromatic carbocycles. The zero-order valence-corrected chi connectivity index (χ0v) is 34.9. The smallest absolute Gasteiger partial charge is 0.336 e. The molecule has 1 saturated carbocycles. The fourth-order valence-electron chi connectivity index (χ4n) is 10.4. The van der Waals surface area contributed by atoms with Crippen LogP contribution in [-0.4, -0.2) is 23.6 Å². The van der Waals surface area contributed by atoms with Gasteiger partial charge in [-0.25, -0.2) is 9.59 Å². The number of allylic oxidation sites excluding steroid dienone is 3. The molecule has 0 saturated heterocycles. The third kappa shape index (κ3) is 7.99. The number of benzene rings is 4. The van der Waals surface area contributed by atoms with E-state index < -0.39 is 35.4 Å². The monoisotopic (exact) mass is 802 g/mol. The van der Waals surface area contributed by atoms with Crippen LogP contribution in [0.4, 0.5) is 0 Å². The van der Waals surface area contributed by atoms with E-state index in [9.17, 15) is 14.4 Å².